The van der Waals surface area contributed by atoms with E-state index in [0.717, 1.165) is 38.8 Å². The third kappa shape index (κ3) is 6.15. The lowest BCUT2D eigenvalue weighted by Gasteiger charge is -2.39. The standard InChI is InChI=1S/C21H37N5O3/c1-25-9-7-21(16-22,8-10-25)24-19(27)18(15-17-5-3-2-4-6-17)23-20(28)26-11-13-29-14-12-26/h16-18,22H,2-15H2,1H3,(H,23,28)(H,24,27)/t18-/m0/s1. The number of nitrogens with zero attached hydrogens (tertiary/aromatic N) is 2. The number of carbonyl (C=O) groups is 2. The number of urea groups is 1. The molecule has 0 aromatic rings. The van der Waals surface area contributed by atoms with Crippen molar-refractivity contribution in [3.05, 3.63) is 0 Å². The molecule has 0 radical (unpaired) electrons. The fourth-order valence-electron chi connectivity index (χ4n) is 4.65. The van der Waals surface area contributed by atoms with Crippen molar-refractivity contribution < 1.29 is 14.3 Å². The zero-order valence-electron chi connectivity index (χ0n) is 17.8. The number of morpholine rings is 1. The molecular formula is C21H37N5O3. The molecule has 1 atom stereocenters. The summed E-state index contributed by atoms with van der Waals surface area (Å²) in [6, 6.07) is -0.735. The monoisotopic (exact) mass is 407 g/mol. The molecule has 2 saturated heterocycles. The number of carbonyl (C=O) groups excluding carboxylic acids is 2. The molecule has 3 rings (SSSR count). The minimum Gasteiger partial charge on any atom is -0.378 e. The molecule has 3 fully saturated rings. The molecule has 8 heteroatoms. The maximum atomic E-state index is 13.3. The second-order valence-electron chi connectivity index (χ2n) is 8.93. The highest BCUT2D eigenvalue weighted by atomic mass is 16.5. The van der Waals surface area contributed by atoms with Crippen LogP contribution in [0.5, 0.6) is 0 Å². The Morgan fingerprint density at radius 1 is 1.14 bits per heavy atom. The van der Waals surface area contributed by atoms with Crippen molar-refractivity contribution in [2.45, 2.75) is 62.9 Å². The van der Waals surface area contributed by atoms with Crippen molar-refractivity contribution >= 4 is 18.2 Å². The van der Waals surface area contributed by atoms with E-state index in [1.165, 1.54) is 25.5 Å². The van der Waals surface area contributed by atoms with E-state index in [4.69, 9.17) is 10.1 Å². The summed E-state index contributed by atoms with van der Waals surface area (Å²) in [6.07, 6.45) is 9.43. The first-order valence-electron chi connectivity index (χ1n) is 11.2. The van der Waals surface area contributed by atoms with Gasteiger partial charge < -0.3 is 30.6 Å². The molecule has 8 nitrogen and oxygen atoms in total. The number of amides is 3. The van der Waals surface area contributed by atoms with Crippen LogP contribution in [-0.2, 0) is 9.53 Å². The van der Waals surface area contributed by atoms with Gasteiger partial charge in [-0.05, 0) is 32.2 Å². The van der Waals surface area contributed by atoms with Gasteiger partial charge in [0.05, 0.1) is 18.8 Å². The average Bonchev–Trinajstić information content (AvgIpc) is 2.76. The van der Waals surface area contributed by atoms with Crippen LogP contribution >= 0.6 is 0 Å². The summed E-state index contributed by atoms with van der Waals surface area (Å²) in [6.45, 7) is 3.89. The zero-order valence-corrected chi connectivity index (χ0v) is 17.8. The number of hydrogen-bond donors (Lipinski definition) is 3. The van der Waals surface area contributed by atoms with Crippen molar-refractivity contribution in [2.24, 2.45) is 5.92 Å². The Kier molecular flexibility index (Phi) is 7.89. The van der Waals surface area contributed by atoms with E-state index in [0.29, 0.717) is 38.6 Å². The van der Waals surface area contributed by atoms with Gasteiger partial charge in [-0.25, -0.2) is 4.79 Å². The Balaban J connectivity index is 1.65. The number of ether oxygens (including phenoxy) is 1. The van der Waals surface area contributed by atoms with Gasteiger partial charge in [0.15, 0.2) is 0 Å². The number of likely N-dealkylation sites (tertiary alicyclic amines) is 1. The van der Waals surface area contributed by atoms with E-state index in [2.05, 4.69) is 22.6 Å². The first kappa shape index (κ1) is 22.0. The van der Waals surface area contributed by atoms with Gasteiger partial charge in [-0.1, -0.05) is 32.1 Å². The van der Waals surface area contributed by atoms with Gasteiger partial charge in [0, 0.05) is 32.4 Å². The van der Waals surface area contributed by atoms with Crippen molar-refractivity contribution in [2.75, 3.05) is 46.4 Å². The number of piperidine rings is 1. The van der Waals surface area contributed by atoms with Crippen molar-refractivity contribution in [1.29, 1.82) is 5.41 Å². The van der Waals surface area contributed by atoms with Crippen molar-refractivity contribution in [3.63, 3.8) is 0 Å². The topological polar surface area (TPSA) is 97.8 Å². The lowest BCUT2D eigenvalue weighted by molar-refractivity contribution is -0.125. The van der Waals surface area contributed by atoms with E-state index in [1.54, 1.807) is 4.90 Å². The van der Waals surface area contributed by atoms with Crippen LogP contribution in [0.2, 0.25) is 0 Å². The number of rotatable bonds is 6. The van der Waals surface area contributed by atoms with Gasteiger partial charge >= 0.3 is 6.03 Å². The van der Waals surface area contributed by atoms with Crippen LogP contribution in [0, 0.1) is 11.3 Å². The molecule has 0 unspecified atom stereocenters. The Morgan fingerprint density at radius 2 is 1.79 bits per heavy atom. The molecule has 1 aliphatic carbocycles. The summed E-state index contributed by atoms with van der Waals surface area (Å²) < 4.78 is 5.33. The minimum atomic E-state index is -0.599. The van der Waals surface area contributed by atoms with Gasteiger partial charge in [-0.3, -0.25) is 4.79 Å². The molecule has 2 aliphatic heterocycles. The normalized spacial score (nSPS) is 24.5. The third-order valence-corrected chi connectivity index (χ3v) is 6.73. The SMILES string of the molecule is CN1CCC(C=N)(NC(=O)[C@H](CC2CCCCC2)NC(=O)N2CCOCC2)CC1. The highest BCUT2D eigenvalue weighted by Crippen LogP contribution is 2.28. The maximum Gasteiger partial charge on any atom is 0.318 e. The van der Waals surface area contributed by atoms with E-state index in [-0.39, 0.29) is 11.9 Å². The lowest BCUT2D eigenvalue weighted by Crippen LogP contribution is -2.61. The fraction of sp³-hybridized carbons (Fsp3) is 0.857. The number of hydrogen-bond acceptors (Lipinski definition) is 5. The third-order valence-electron chi connectivity index (χ3n) is 6.73. The Labute approximate surface area is 174 Å². The molecule has 2 heterocycles. The maximum absolute atomic E-state index is 13.3. The smallest absolute Gasteiger partial charge is 0.318 e. The molecular weight excluding hydrogens is 370 g/mol. The minimum absolute atomic E-state index is 0.148. The molecule has 0 aromatic heterocycles. The second kappa shape index (κ2) is 10.4. The van der Waals surface area contributed by atoms with Crippen LogP contribution in [-0.4, -0.2) is 86.0 Å². The summed E-state index contributed by atoms with van der Waals surface area (Å²) in [4.78, 5) is 30.0. The zero-order chi connectivity index (χ0) is 20.7. The molecule has 164 valence electrons. The summed E-state index contributed by atoms with van der Waals surface area (Å²) in [7, 11) is 2.06. The van der Waals surface area contributed by atoms with E-state index in [1.807, 2.05) is 0 Å². The Hall–Kier alpha value is -1.67. The average molecular weight is 408 g/mol. The van der Waals surface area contributed by atoms with Crippen LogP contribution < -0.4 is 10.6 Å². The first-order valence-corrected chi connectivity index (χ1v) is 11.2. The summed E-state index contributed by atoms with van der Waals surface area (Å²) in [5.41, 5.74) is -0.599. The lowest BCUT2D eigenvalue weighted by atomic mass is 9.84. The quantitative estimate of drug-likeness (QED) is 0.583. The molecule has 3 amide bonds. The summed E-state index contributed by atoms with van der Waals surface area (Å²) >= 11 is 0. The molecule has 0 spiro atoms. The predicted octanol–water partition coefficient (Wildman–Crippen LogP) is 1.60. The van der Waals surface area contributed by atoms with E-state index in [9.17, 15) is 9.59 Å². The highest BCUT2D eigenvalue weighted by molar-refractivity contribution is 5.90. The van der Waals surface area contributed by atoms with Gasteiger partial charge in [-0.15, -0.1) is 0 Å². The van der Waals surface area contributed by atoms with Crippen LogP contribution in [0.25, 0.3) is 0 Å². The summed E-state index contributed by atoms with van der Waals surface area (Å²) in [5.74, 6) is 0.322. The first-order chi connectivity index (χ1) is 14.0. The van der Waals surface area contributed by atoms with Gasteiger partial charge in [0.2, 0.25) is 5.91 Å². The van der Waals surface area contributed by atoms with Crippen LogP contribution in [0.15, 0.2) is 0 Å². The number of nitrogens with one attached hydrogen (secondary N) is 3. The van der Waals surface area contributed by atoms with Gasteiger partial charge in [-0.2, -0.15) is 0 Å². The van der Waals surface area contributed by atoms with Crippen LogP contribution in [0.4, 0.5) is 4.79 Å². The molecule has 0 bridgehead atoms. The highest BCUT2D eigenvalue weighted by Gasteiger charge is 2.36. The predicted molar refractivity (Wildman–Crippen MR) is 112 cm³/mol. The van der Waals surface area contributed by atoms with Gasteiger partial charge in [0.25, 0.3) is 0 Å². The van der Waals surface area contributed by atoms with E-state index < -0.39 is 11.6 Å². The largest absolute Gasteiger partial charge is 0.378 e. The van der Waals surface area contributed by atoms with Crippen molar-refractivity contribution in [3.8, 4) is 0 Å². The molecule has 3 N–H and O–H groups in total. The van der Waals surface area contributed by atoms with Gasteiger partial charge in [0.1, 0.15) is 6.04 Å². The van der Waals surface area contributed by atoms with Crippen molar-refractivity contribution in [1.82, 2.24) is 20.4 Å². The van der Waals surface area contributed by atoms with Crippen LogP contribution in [0.1, 0.15) is 51.4 Å². The van der Waals surface area contributed by atoms with E-state index >= 15 is 0 Å². The molecule has 1 saturated carbocycles. The Bertz CT molecular complexity index is 565. The fourth-order valence-corrected chi connectivity index (χ4v) is 4.65. The molecule has 29 heavy (non-hydrogen) atoms. The molecule has 0 aromatic carbocycles. The Morgan fingerprint density at radius 3 is 2.41 bits per heavy atom. The second-order valence-corrected chi connectivity index (χ2v) is 8.93. The summed E-state index contributed by atoms with van der Waals surface area (Å²) in [5, 5.41) is 14.1. The molecule has 3 aliphatic rings. The van der Waals surface area contributed by atoms with Crippen LogP contribution in [0.3, 0.4) is 0 Å².